The molecule has 0 radical (unpaired) electrons. The average Bonchev–Trinajstić information content (AvgIpc) is 2.88. The molecule has 1 aromatic heterocycles. The molecule has 1 amide bonds. The Morgan fingerprint density at radius 2 is 1.71 bits per heavy atom. The van der Waals surface area contributed by atoms with Crippen LogP contribution in [0.15, 0.2) is 54.6 Å². The van der Waals surface area contributed by atoms with E-state index in [9.17, 15) is 4.79 Å². The van der Waals surface area contributed by atoms with Crippen molar-refractivity contribution in [3.63, 3.8) is 0 Å². The number of hydrogen-bond donors (Lipinski definition) is 2. The van der Waals surface area contributed by atoms with Gasteiger partial charge in [-0.3, -0.25) is 4.79 Å². The summed E-state index contributed by atoms with van der Waals surface area (Å²) in [5.74, 6) is 2.05. The molecule has 0 unspecified atom stereocenters. The van der Waals surface area contributed by atoms with Gasteiger partial charge in [-0.05, 0) is 61.9 Å². The van der Waals surface area contributed by atoms with E-state index in [1.165, 1.54) is 0 Å². The van der Waals surface area contributed by atoms with Gasteiger partial charge >= 0.3 is 0 Å². The molecule has 8 heteroatoms. The Kier molecular flexibility index (Phi) is 8.51. The van der Waals surface area contributed by atoms with Crippen molar-refractivity contribution in [2.45, 2.75) is 33.1 Å². The number of anilines is 4. The zero-order valence-corrected chi connectivity index (χ0v) is 20.4. The van der Waals surface area contributed by atoms with Gasteiger partial charge in [0.15, 0.2) is 0 Å². The van der Waals surface area contributed by atoms with Gasteiger partial charge in [0.1, 0.15) is 11.6 Å². The van der Waals surface area contributed by atoms with Gasteiger partial charge in [-0.2, -0.15) is 4.98 Å². The fraction of sp³-hybridized carbons (Fsp3) is 0.370. The summed E-state index contributed by atoms with van der Waals surface area (Å²) in [6.45, 7) is 7.87. The lowest BCUT2D eigenvalue weighted by Crippen LogP contribution is -2.36. The van der Waals surface area contributed by atoms with Gasteiger partial charge in [-0.25, -0.2) is 4.98 Å². The largest absolute Gasteiger partial charge is 0.494 e. The predicted octanol–water partition coefficient (Wildman–Crippen LogP) is 5.19. The Balaban J connectivity index is 1.33. The molecular weight excluding hydrogens is 442 g/mol. The first-order chi connectivity index (χ1) is 17.1. The lowest BCUT2D eigenvalue weighted by molar-refractivity contribution is 0.102. The normalized spacial score (nSPS) is 13.4. The minimum absolute atomic E-state index is 0.166. The summed E-state index contributed by atoms with van der Waals surface area (Å²) in [6, 6.07) is 16.7. The number of rotatable bonds is 10. The maximum atomic E-state index is 12.6. The highest BCUT2D eigenvalue weighted by Gasteiger charge is 2.14. The van der Waals surface area contributed by atoms with Crippen LogP contribution < -0.4 is 20.3 Å². The van der Waals surface area contributed by atoms with E-state index in [2.05, 4.69) is 32.4 Å². The van der Waals surface area contributed by atoms with E-state index in [1.807, 2.05) is 49.4 Å². The highest BCUT2D eigenvalue weighted by atomic mass is 16.5. The van der Waals surface area contributed by atoms with Crippen LogP contribution in [0.25, 0.3) is 0 Å². The molecule has 1 saturated heterocycles. The van der Waals surface area contributed by atoms with Crippen LogP contribution >= 0.6 is 0 Å². The summed E-state index contributed by atoms with van der Waals surface area (Å²) in [4.78, 5) is 24.0. The SMILES string of the molecule is CCCCCOc1ccc(C(=O)Nc2ccc(Nc3nc(C)cc(N4CCOCC4)n3)cc2)cc1. The van der Waals surface area contributed by atoms with Crippen molar-refractivity contribution in [2.75, 3.05) is 48.4 Å². The second-order valence-electron chi connectivity index (χ2n) is 8.53. The van der Waals surface area contributed by atoms with Crippen molar-refractivity contribution in [1.29, 1.82) is 0 Å². The van der Waals surface area contributed by atoms with Crippen molar-refractivity contribution in [1.82, 2.24) is 9.97 Å². The fourth-order valence-electron chi connectivity index (χ4n) is 3.78. The summed E-state index contributed by atoms with van der Waals surface area (Å²) in [6.07, 6.45) is 3.35. The molecule has 1 aliphatic rings. The molecule has 35 heavy (non-hydrogen) atoms. The third kappa shape index (κ3) is 7.16. The summed E-state index contributed by atoms with van der Waals surface area (Å²) in [5, 5.41) is 6.19. The number of aromatic nitrogens is 2. The molecule has 3 aromatic rings. The summed E-state index contributed by atoms with van der Waals surface area (Å²) in [5.41, 5.74) is 3.02. The van der Waals surface area contributed by atoms with E-state index in [0.717, 1.165) is 55.3 Å². The highest BCUT2D eigenvalue weighted by molar-refractivity contribution is 6.04. The molecule has 0 atom stereocenters. The molecular formula is C27H33N5O3. The number of carbonyl (C=O) groups is 1. The van der Waals surface area contributed by atoms with Gasteiger partial charge in [0.2, 0.25) is 5.95 Å². The topological polar surface area (TPSA) is 88.6 Å². The number of nitrogens with zero attached hydrogens (tertiary/aromatic N) is 3. The lowest BCUT2D eigenvalue weighted by Gasteiger charge is -2.28. The number of morpholine rings is 1. The van der Waals surface area contributed by atoms with E-state index in [4.69, 9.17) is 9.47 Å². The van der Waals surface area contributed by atoms with Crippen molar-refractivity contribution >= 4 is 29.0 Å². The number of carbonyl (C=O) groups excluding carboxylic acids is 1. The number of aryl methyl sites for hydroxylation is 1. The molecule has 1 aliphatic heterocycles. The Hall–Kier alpha value is -3.65. The Morgan fingerprint density at radius 3 is 2.43 bits per heavy atom. The third-order valence-electron chi connectivity index (χ3n) is 5.71. The maximum absolute atomic E-state index is 12.6. The zero-order chi connectivity index (χ0) is 24.5. The summed E-state index contributed by atoms with van der Waals surface area (Å²) < 4.78 is 11.1. The molecule has 0 bridgehead atoms. The molecule has 0 spiro atoms. The fourth-order valence-corrected chi connectivity index (χ4v) is 3.78. The van der Waals surface area contributed by atoms with Gasteiger partial charge in [-0.15, -0.1) is 0 Å². The van der Waals surface area contributed by atoms with Gasteiger partial charge in [-0.1, -0.05) is 19.8 Å². The van der Waals surface area contributed by atoms with Crippen molar-refractivity contribution in [3.8, 4) is 5.75 Å². The van der Waals surface area contributed by atoms with Crippen LogP contribution in [0.3, 0.4) is 0 Å². The first-order valence-corrected chi connectivity index (χ1v) is 12.2. The molecule has 2 N–H and O–H groups in total. The van der Waals surface area contributed by atoms with Crippen LogP contribution in [0.4, 0.5) is 23.1 Å². The average molecular weight is 476 g/mol. The van der Waals surface area contributed by atoms with Crippen molar-refractivity contribution in [2.24, 2.45) is 0 Å². The van der Waals surface area contributed by atoms with E-state index in [-0.39, 0.29) is 5.91 Å². The van der Waals surface area contributed by atoms with Gasteiger partial charge < -0.3 is 25.0 Å². The van der Waals surface area contributed by atoms with Gasteiger partial charge in [0.05, 0.1) is 19.8 Å². The first-order valence-electron chi connectivity index (χ1n) is 12.2. The molecule has 2 aromatic carbocycles. The first kappa shape index (κ1) is 24.5. The van der Waals surface area contributed by atoms with Gasteiger partial charge in [0.25, 0.3) is 5.91 Å². The number of benzene rings is 2. The standard InChI is InChI=1S/C27H33N5O3/c1-3-4-5-16-35-24-12-6-21(7-13-24)26(33)29-22-8-10-23(11-9-22)30-27-28-20(2)19-25(31-27)32-14-17-34-18-15-32/h6-13,19H,3-5,14-18H2,1-2H3,(H,29,33)(H,28,30,31). The second kappa shape index (κ2) is 12.2. The number of nitrogens with one attached hydrogen (secondary N) is 2. The van der Waals surface area contributed by atoms with E-state index < -0.39 is 0 Å². The molecule has 4 rings (SSSR count). The summed E-state index contributed by atoms with van der Waals surface area (Å²) in [7, 11) is 0. The molecule has 0 aliphatic carbocycles. The van der Waals surface area contributed by atoms with Crippen LogP contribution in [-0.4, -0.2) is 48.8 Å². The number of amides is 1. The molecule has 2 heterocycles. The van der Waals surface area contributed by atoms with Crippen LogP contribution in [0.1, 0.15) is 42.2 Å². The molecule has 1 fully saturated rings. The number of ether oxygens (including phenoxy) is 2. The number of hydrogen-bond acceptors (Lipinski definition) is 7. The van der Waals surface area contributed by atoms with E-state index in [1.54, 1.807) is 12.1 Å². The third-order valence-corrected chi connectivity index (χ3v) is 5.71. The minimum atomic E-state index is -0.166. The Morgan fingerprint density at radius 1 is 1.00 bits per heavy atom. The zero-order valence-electron chi connectivity index (χ0n) is 20.4. The smallest absolute Gasteiger partial charge is 0.255 e. The van der Waals surface area contributed by atoms with Crippen LogP contribution in [-0.2, 0) is 4.74 Å². The molecule has 0 saturated carbocycles. The van der Waals surface area contributed by atoms with Crippen LogP contribution in [0.5, 0.6) is 5.75 Å². The Labute approximate surface area is 206 Å². The van der Waals surface area contributed by atoms with Crippen LogP contribution in [0.2, 0.25) is 0 Å². The predicted molar refractivity (Wildman–Crippen MR) is 139 cm³/mol. The maximum Gasteiger partial charge on any atom is 0.255 e. The van der Waals surface area contributed by atoms with Gasteiger partial charge in [0, 0.05) is 41.8 Å². The van der Waals surface area contributed by atoms with E-state index in [0.29, 0.717) is 37.0 Å². The van der Waals surface area contributed by atoms with Crippen molar-refractivity contribution in [3.05, 3.63) is 65.9 Å². The number of unbranched alkanes of at least 4 members (excludes halogenated alkanes) is 2. The highest BCUT2D eigenvalue weighted by Crippen LogP contribution is 2.21. The molecule has 8 nitrogen and oxygen atoms in total. The van der Waals surface area contributed by atoms with Crippen molar-refractivity contribution < 1.29 is 14.3 Å². The second-order valence-corrected chi connectivity index (χ2v) is 8.53. The lowest BCUT2D eigenvalue weighted by atomic mass is 10.2. The quantitative estimate of drug-likeness (QED) is 0.390. The van der Waals surface area contributed by atoms with Crippen LogP contribution in [0, 0.1) is 6.92 Å². The molecule has 184 valence electrons. The minimum Gasteiger partial charge on any atom is -0.494 e. The summed E-state index contributed by atoms with van der Waals surface area (Å²) >= 11 is 0. The Bertz CT molecular complexity index is 1100. The monoisotopic (exact) mass is 475 g/mol. The van der Waals surface area contributed by atoms with E-state index >= 15 is 0 Å².